The Bertz CT molecular complexity index is 878. The number of aromatic nitrogens is 3. The molecule has 118 valence electrons. The molecule has 1 aliphatic carbocycles. The second-order valence-electron chi connectivity index (χ2n) is 6.54. The zero-order chi connectivity index (χ0) is 16.0. The molecule has 2 heterocycles. The van der Waals surface area contributed by atoms with Crippen molar-refractivity contribution in [1.29, 1.82) is 0 Å². The normalized spacial score (nSPS) is 16.9. The van der Waals surface area contributed by atoms with Crippen molar-refractivity contribution in [3.8, 4) is 0 Å². The molecule has 23 heavy (non-hydrogen) atoms. The number of nitrogens with zero attached hydrogens (tertiary/aromatic N) is 3. The van der Waals surface area contributed by atoms with Crippen LogP contribution in [0.25, 0.3) is 5.78 Å². The highest BCUT2D eigenvalue weighted by molar-refractivity contribution is 5.40. The van der Waals surface area contributed by atoms with E-state index in [0.717, 1.165) is 18.0 Å². The lowest BCUT2D eigenvalue weighted by atomic mass is 10.0. The van der Waals surface area contributed by atoms with Gasteiger partial charge in [-0.15, -0.1) is 0 Å². The molecule has 4 nitrogen and oxygen atoms in total. The van der Waals surface area contributed by atoms with Crippen LogP contribution in [0.15, 0.2) is 30.5 Å². The van der Waals surface area contributed by atoms with Crippen molar-refractivity contribution in [2.24, 2.45) is 0 Å². The summed E-state index contributed by atoms with van der Waals surface area (Å²) in [5.41, 5.74) is 7.77. The van der Waals surface area contributed by atoms with Crippen LogP contribution in [0.5, 0.6) is 0 Å². The zero-order valence-corrected chi connectivity index (χ0v) is 13.9. The first-order valence-corrected chi connectivity index (χ1v) is 8.26. The summed E-state index contributed by atoms with van der Waals surface area (Å²) < 4.78 is 2.14. The van der Waals surface area contributed by atoms with Gasteiger partial charge in [-0.1, -0.05) is 18.2 Å². The molecule has 0 fully saturated rings. The van der Waals surface area contributed by atoms with Gasteiger partial charge in [0.25, 0.3) is 0 Å². The molecule has 0 unspecified atom stereocenters. The van der Waals surface area contributed by atoms with Gasteiger partial charge in [0, 0.05) is 24.0 Å². The Morgan fingerprint density at radius 3 is 3.00 bits per heavy atom. The van der Waals surface area contributed by atoms with Crippen molar-refractivity contribution in [2.75, 3.05) is 0 Å². The molecule has 0 amide bonds. The van der Waals surface area contributed by atoms with E-state index < -0.39 is 0 Å². The Kier molecular flexibility index (Phi) is 3.42. The van der Waals surface area contributed by atoms with Gasteiger partial charge in [-0.05, 0) is 56.4 Å². The van der Waals surface area contributed by atoms with E-state index in [2.05, 4.69) is 57.8 Å². The summed E-state index contributed by atoms with van der Waals surface area (Å²) in [6, 6.07) is 9.18. The molecule has 0 bridgehead atoms. The maximum atomic E-state index is 4.51. The highest BCUT2D eigenvalue weighted by Crippen LogP contribution is 2.33. The van der Waals surface area contributed by atoms with Crippen molar-refractivity contribution in [3.05, 3.63) is 64.2 Å². The third-order valence-corrected chi connectivity index (χ3v) is 4.90. The van der Waals surface area contributed by atoms with Crippen molar-refractivity contribution in [3.63, 3.8) is 0 Å². The van der Waals surface area contributed by atoms with Crippen molar-refractivity contribution in [1.82, 2.24) is 19.7 Å². The number of imidazole rings is 1. The fourth-order valence-corrected chi connectivity index (χ4v) is 3.80. The second kappa shape index (κ2) is 5.46. The molecule has 1 aliphatic rings. The van der Waals surface area contributed by atoms with Crippen molar-refractivity contribution >= 4 is 5.78 Å². The Morgan fingerprint density at radius 2 is 2.13 bits per heavy atom. The van der Waals surface area contributed by atoms with E-state index in [1.54, 1.807) is 0 Å². The number of nitrogens with one attached hydrogen (secondary N) is 1. The lowest BCUT2D eigenvalue weighted by Crippen LogP contribution is -2.20. The molecule has 4 rings (SSSR count). The van der Waals surface area contributed by atoms with E-state index in [1.165, 1.54) is 40.9 Å². The van der Waals surface area contributed by atoms with Crippen LogP contribution in [0.1, 0.15) is 46.2 Å². The summed E-state index contributed by atoms with van der Waals surface area (Å²) >= 11 is 0. The van der Waals surface area contributed by atoms with Crippen LogP contribution in [-0.2, 0) is 13.0 Å². The van der Waals surface area contributed by atoms with Crippen LogP contribution in [0.4, 0.5) is 0 Å². The van der Waals surface area contributed by atoms with Gasteiger partial charge in [-0.25, -0.2) is 9.97 Å². The maximum absolute atomic E-state index is 4.51. The lowest BCUT2D eigenvalue weighted by Gasteiger charge is -2.15. The van der Waals surface area contributed by atoms with E-state index in [0.29, 0.717) is 6.04 Å². The summed E-state index contributed by atoms with van der Waals surface area (Å²) in [5, 5.41) is 3.71. The van der Waals surface area contributed by atoms with E-state index in [9.17, 15) is 0 Å². The predicted octanol–water partition coefficient (Wildman–Crippen LogP) is 3.43. The molecular formula is C19H22N4. The molecule has 0 radical (unpaired) electrons. The minimum absolute atomic E-state index is 0.439. The summed E-state index contributed by atoms with van der Waals surface area (Å²) in [4.78, 5) is 8.96. The molecule has 1 aromatic carbocycles. The molecule has 1 atom stereocenters. The Morgan fingerprint density at radius 1 is 1.26 bits per heavy atom. The van der Waals surface area contributed by atoms with Gasteiger partial charge in [0.2, 0.25) is 5.78 Å². The Hall–Kier alpha value is -2.20. The van der Waals surface area contributed by atoms with Crippen molar-refractivity contribution < 1.29 is 0 Å². The van der Waals surface area contributed by atoms with Gasteiger partial charge in [0.1, 0.15) is 0 Å². The Labute approximate surface area is 136 Å². The molecule has 0 aliphatic heterocycles. The number of hydrogen-bond acceptors (Lipinski definition) is 3. The molecule has 0 saturated carbocycles. The smallest absolute Gasteiger partial charge is 0.234 e. The molecule has 0 spiro atoms. The molecular weight excluding hydrogens is 284 g/mol. The van der Waals surface area contributed by atoms with E-state index in [4.69, 9.17) is 0 Å². The number of fused-ring (bicyclic) bond motifs is 2. The Balaban J connectivity index is 1.59. The average Bonchev–Trinajstić information content (AvgIpc) is 3.10. The predicted molar refractivity (Wildman–Crippen MR) is 91.5 cm³/mol. The maximum Gasteiger partial charge on any atom is 0.234 e. The molecule has 2 aromatic heterocycles. The van der Waals surface area contributed by atoms with Crippen LogP contribution < -0.4 is 5.32 Å². The van der Waals surface area contributed by atoms with E-state index in [1.807, 2.05) is 13.1 Å². The number of aryl methyl sites for hydroxylation is 3. The minimum atomic E-state index is 0.439. The third-order valence-electron chi connectivity index (χ3n) is 4.90. The van der Waals surface area contributed by atoms with Gasteiger partial charge in [-0.3, -0.25) is 4.40 Å². The molecule has 4 heteroatoms. The first-order chi connectivity index (χ1) is 11.1. The second-order valence-corrected chi connectivity index (χ2v) is 6.54. The first-order valence-electron chi connectivity index (χ1n) is 8.26. The van der Waals surface area contributed by atoms with Gasteiger partial charge in [-0.2, -0.15) is 0 Å². The van der Waals surface area contributed by atoms with Crippen LogP contribution in [0.2, 0.25) is 0 Å². The lowest BCUT2D eigenvalue weighted by molar-refractivity contribution is 0.523. The monoisotopic (exact) mass is 306 g/mol. The van der Waals surface area contributed by atoms with Gasteiger partial charge < -0.3 is 5.32 Å². The average molecular weight is 306 g/mol. The van der Waals surface area contributed by atoms with Gasteiger partial charge in [0.05, 0.1) is 11.9 Å². The first kappa shape index (κ1) is 14.4. The molecule has 0 saturated heterocycles. The minimum Gasteiger partial charge on any atom is -0.304 e. The van der Waals surface area contributed by atoms with Gasteiger partial charge >= 0.3 is 0 Å². The standard InChI is InChI=1S/C19H22N4/c1-12-5-4-6-17-16(12)7-8-18(17)20-10-15-11-21-19-22-13(2)9-14(3)23(15)19/h4-6,9,11,18,20H,7-8,10H2,1-3H3/t18-/m1/s1. The summed E-state index contributed by atoms with van der Waals surface area (Å²) in [5.74, 6) is 0.793. The topological polar surface area (TPSA) is 42.2 Å². The quantitative estimate of drug-likeness (QED) is 0.806. The van der Waals surface area contributed by atoms with E-state index in [-0.39, 0.29) is 0 Å². The van der Waals surface area contributed by atoms with Crippen LogP contribution >= 0.6 is 0 Å². The summed E-state index contributed by atoms with van der Waals surface area (Å²) in [7, 11) is 0. The van der Waals surface area contributed by atoms with Crippen LogP contribution in [0.3, 0.4) is 0 Å². The molecule has 3 aromatic rings. The fourth-order valence-electron chi connectivity index (χ4n) is 3.80. The largest absolute Gasteiger partial charge is 0.304 e. The highest BCUT2D eigenvalue weighted by atomic mass is 15.1. The third kappa shape index (κ3) is 2.43. The zero-order valence-electron chi connectivity index (χ0n) is 13.9. The van der Waals surface area contributed by atoms with E-state index >= 15 is 0 Å². The summed E-state index contributed by atoms with van der Waals surface area (Å²) in [6.45, 7) is 7.15. The highest BCUT2D eigenvalue weighted by Gasteiger charge is 2.23. The van der Waals surface area contributed by atoms with Gasteiger partial charge in [0.15, 0.2) is 0 Å². The summed E-state index contributed by atoms with van der Waals surface area (Å²) in [6.07, 6.45) is 4.29. The van der Waals surface area contributed by atoms with Crippen LogP contribution in [0, 0.1) is 20.8 Å². The van der Waals surface area contributed by atoms with Crippen LogP contribution in [-0.4, -0.2) is 14.4 Å². The number of rotatable bonds is 3. The fraction of sp³-hybridized carbons (Fsp3) is 0.368. The SMILES string of the molecule is Cc1cc(C)n2c(CN[C@@H]3CCc4c(C)cccc43)cnc2n1. The number of hydrogen-bond donors (Lipinski definition) is 1. The number of benzene rings is 1. The van der Waals surface area contributed by atoms with Crippen molar-refractivity contribution in [2.45, 2.75) is 46.2 Å². The molecule has 1 N–H and O–H groups in total.